The molecule has 0 amide bonds. The van der Waals surface area contributed by atoms with Crippen molar-refractivity contribution in [2.24, 2.45) is 5.92 Å². The second kappa shape index (κ2) is 5.61. The molecule has 0 bridgehead atoms. The molecule has 0 aliphatic heterocycles. The number of aromatic carboxylic acids is 1. The van der Waals surface area contributed by atoms with Crippen molar-refractivity contribution in [3.63, 3.8) is 0 Å². The molecule has 0 spiro atoms. The Labute approximate surface area is 117 Å². The largest absolute Gasteiger partial charge is 0.478 e. The molecule has 0 aliphatic carbocycles. The topological polar surface area (TPSA) is 50.2 Å². The van der Waals surface area contributed by atoms with E-state index in [9.17, 15) is 9.90 Å². The number of benzene rings is 1. The van der Waals surface area contributed by atoms with Gasteiger partial charge in [0.25, 0.3) is 0 Å². The van der Waals surface area contributed by atoms with E-state index in [4.69, 9.17) is 0 Å². The molecule has 1 heterocycles. The zero-order valence-corrected chi connectivity index (χ0v) is 12.1. The molecular formula is C15H17NO2S. The van der Waals surface area contributed by atoms with Gasteiger partial charge in [-0.2, -0.15) is 0 Å². The Kier molecular flexibility index (Phi) is 4.10. The molecule has 0 fully saturated rings. The number of aromatic nitrogens is 1. The first kappa shape index (κ1) is 13.9. The van der Waals surface area contributed by atoms with E-state index in [2.05, 4.69) is 25.8 Å². The zero-order valence-electron chi connectivity index (χ0n) is 11.3. The molecule has 0 saturated heterocycles. The van der Waals surface area contributed by atoms with Gasteiger partial charge >= 0.3 is 5.97 Å². The summed E-state index contributed by atoms with van der Waals surface area (Å²) in [7, 11) is 0. The molecule has 2 aromatic rings. The first-order valence-electron chi connectivity index (χ1n) is 6.28. The van der Waals surface area contributed by atoms with Crippen LogP contribution >= 0.6 is 11.8 Å². The molecule has 0 radical (unpaired) electrons. The Morgan fingerprint density at radius 2 is 1.84 bits per heavy atom. The third-order valence-corrected chi connectivity index (χ3v) is 4.69. The van der Waals surface area contributed by atoms with Gasteiger partial charge in [-0.15, -0.1) is 11.8 Å². The van der Waals surface area contributed by atoms with E-state index in [0.29, 0.717) is 11.2 Å². The first-order chi connectivity index (χ1) is 9.00. The number of hydrogen-bond donors (Lipinski definition) is 1. The lowest BCUT2D eigenvalue weighted by Crippen LogP contribution is -2.07. The lowest BCUT2D eigenvalue weighted by Gasteiger charge is -2.16. The number of nitrogens with zero attached hydrogens (tertiary/aromatic N) is 1. The Morgan fingerprint density at radius 1 is 1.21 bits per heavy atom. The van der Waals surface area contributed by atoms with Crippen molar-refractivity contribution in [3.8, 4) is 0 Å². The Balaban J connectivity index is 2.53. The van der Waals surface area contributed by atoms with Gasteiger partial charge in [-0.25, -0.2) is 9.78 Å². The standard InChI is InChI=1S/C15H17NO2S/c1-9(2)10(3)19-14-12-7-5-4-6-11(12)13(8-16-14)15(17)18/h4-10H,1-3H3,(H,17,18). The van der Waals surface area contributed by atoms with Crippen molar-refractivity contribution < 1.29 is 9.90 Å². The van der Waals surface area contributed by atoms with Gasteiger partial charge in [0.1, 0.15) is 5.03 Å². The molecule has 3 nitrogen and oxygen atoms in total. The number of carbonyl (C=O) groups is 1. The Bertz CT molecular complexity index is 610. The van der Waals surface area contributed by atoms with Gasteiger partial charge in [0.05, 0.1) is 5.56 Å². The molecule has 0 saturated carbocycles. The third kappa shape index (κ3) is 2.89. The Morgan fingerprint density at radius 3 is 2.42 bits per heavy atom. The SMILES string of the molecule is CC(C)C(C)Sc1ncc(C(=O)O)c2ccccc12. The van der Waals surface area contributed by atoms with E-state index in [0.717, 1.165) is 15.8 Å². The van der Waals surface area contributed by atoms with Crippen LogP contribution in [0.4, 0.5) is 0 Å². The number of pyridine rings is 1. The summed E-state index contributed by atoms with van der Waals surface area (Å²) < 4.78 is 0. The lowest BCUT2D eigenvalue weighted by atomic mass is 10.1. The Hall–Kier alpha value is -1.55. The fourth-order valence-corrected chi connectivity index (χ4v) is 2.79. The third-order valence-electron chi connectivity index (χ3n) is 3.23. The number of hydrogen-bond acceptors (Lipinski definition) is 3. The fraction of sp³-hybridized carbons (Fsp3) is 0.333. The predicted octanol–water partition coefficient (Wildman–Crippen LogP) is 4.07. The van der Waals surface area contributed by atoms with Crippen LogP contribution in [0.3, 0.4) is 0 Å². The minimum atomic E-state index is -0.933. The van der Waals surface area contributed by atoms with E-state index < -0.39 is 5.97 Å². The van der Waals surface area contributed by atoms with Crippen LogP contribution in [0.5, 0.6) is 0 Å². The van der Waals surface area contributed by atoms with Gasteiger partial charge in [-0.05, 0) is 5.92 Å². The summed E-state index contributed by atoms with van der Waals surface area (Å²) in [6.45, 7) is 6.51. The fourth-order valence-electron chi connectivity index (χ4n) is 1.74. The maximum absolute atomic E-state index is 11.2. The normalized spacial score (nSPS) is 12.8. The van der Waals surface area contributed by atoms with Crippen LogP contribution in [-0.2, 0) is 0 Å². The summed E-state index contributed by atoms with van der Waals surface area (Å²) in [4.78, 5) is 15.5. The first-order valence-corrected chi connectivity index (χ1v) is 7.16. The second-order valence-corrected chi connectivity index (χ2v) is 6.26. The van der Waals surface area contributed by atoms with Gasteiger partial charge in [0, 0.05) is 22.2 Å². The van der Waals surface area contributed by atoms with Gasteiger partial charge in [0.15, 0.2) is 0 Å². The molecule has 100 valence electrons. The molecule has 2 rings (SSSR count). The van der Waals surface area contributed by atoms with Gasteiger partial charge in [0.2, 0.25) is 0 Å². The van der Waals surface area contributed by atoms with Crippen molar-refractivity contribution in [2.75, 3.05) is 0 Å². The van der Waals surface area contributed by atoms with Crippen LogP contribution in [-0.4, -0.2) is 21.3 Å². The minimum Gasteiger partial charge on any atom is -0.478 e. The maximum Gasteiger partial charge on any atom is 0.337 e. The molecule has 1 aromatic carbocycles. The number of fused-ring (bicyclic) bond motifs is 1. The van der Waals surface area contributed by atoms with E-state index in [-0.39, 0.29) is 5.56 Å². The van der Waals surface area contributed by atoms with Crippen LogP contribution in [0.1, 0.15) is 31.1 Å². The monoisotopic (exact) mass is 275 g/mol. The van der Waals surface area contributed by atoms with Gasteiger partial charge in [-0.1, -0.05) is 45.0 Å². The quantitative estimate of drug-likeness (QED) is 0.854. The summed E-state index contributed by atoms with van der Waals surface area (Å²) in [5.41, 5.74) is 0.261. The van der Waals surface area contributed by atoms with Gasteiger partial charge < -0.3 is 5.11 Å². The highest BCUT2D eigenvalue weighted by atomic mass is 32.2. The molecule has 19 heavy (non-hydrogen) atoms. The van der Waals surface area contributed by atoms with Crippen molar-refractivity contribution in [1.29, 1.82) is 0 Å². The molecule has 1 aromatic heterocycles. The highest BCUT2D eigenvalue weighted by Crippen LogP contribution is 2.32. The average Bonchev–Trinajstić information content (AvgIpc) is 2.38. The summed E-state index contributed by atoms with van der Waals surface area (Å²) >= 11 is 1.70. The van der Waals surface area contributed by atoms with Gasteiger partial charge in [-0.3, -0.25) is 0 Å². The van der Waals surface area contributed by atoms with Crippen LogP contribution in [0.2, 0.25) is 0 Å². The van der Waals surface area contributed by atoms with E-state index >= 15 is 0 Å². The van der Waals surface area contributed by atoms with Crippen LogP contribution in [0, 0.1) is 5.92 Å². The maximum atomic E-state index is 11.2. The summed E-state index contributed by atoms with van der Waals surface area (Å²) in [5, 5.41) is 12.2. The minimum absolute atomic E-state index is 0.261. The average molecular weight is 275 g/mol. The van der Waals surface area contributed by atoms with Crippen molar-refractivity contribution >= 4 is 28.5 Å². The summed E-state index contributed by atoms with van der Waals surface area (Å²) in [6, 6.07) is 7.55. The summed E-state index contributed by atoms with van der Waals surface area (Å²) in [5.74, 6) is -0.387. The highest BCUT2D eigenvalue weighted by molar-refractivity contribution is 8.00. The van der Waals surface area contributed by atoms with Crippen molar-refractivity contribution in [1.82, 2.24) is 4.98 Å². The lowest BCUT2D eigenvalue weighted by molar-refractivity contribution is 0.0698. The van der Waals surface area contributed by atoms with Crippen molar-refractivity contribution in [2.45, 2.75) is 31.0 Å². The van der Waals surface area contributed by atoms with Crippen LogP contribution < -0.4 is 0 Å². The smallest absolute Gasteiger partial charge is 0.337 e. The van der Waals surface area contributed by atoms with Crippen LogP contribution in [0.25, 0.3) is 10.8 Å². The molecule has 4 heteroatoms. The second-order valence-electron chi connectivity index (χ2n) is 4.89. The number of carboxylic acids is 1. The van der Waals surface area contributed by atoms with E-state index in [1.54, 1.807) is 11.8 Å². The van der Waals surface area contributed by atoms with Crippen molar-refractivity contribution in [3.05, 3.63) is 36.0 Å². The number of carboxylic acid groups (broad SMARTS) is 1. The summed E-state index contributed by atoms with van der Waals surface area (Å²) in [6.07, 6.45) is 1.46. The number of thioether (sulfide) groups is 1. The molecular weight excluding hydrogens is 258 g/mol. The number of rotatable bonds is 4. The van der Waals surface area contributed by atoms with Crippen LogP contribution in [0.15, 0.2) is 35.5 Å². The van der Waals surface area contributed by atoms with E-state index in [1.807, 2.05) is 24.3 Å². The molecule has 0 aliphatic rings. The molecule has 1 N–H and O–H groups in total. The highest BCUT2D eigenvalue weighted by Gasteiger charge is 2.15. The molecule has 1 unspecified atom stereocenters. The van der Waals surface area contributed by atoms with E-state index in [1.165, 1.54) is 6.20 Å². The predicted molar refractivity (Wildman–Crippen MR) is 78.9 cm³/mol. The zero-order chi connectivity index (χ0) is 14.0. The molecule has 1 atom stereocenters.